The fraction of sp³-hybridized carbons (Fsp3) is 0.429. The molecule has 1 N–H and O–H groups in total. The summed E-state index contributed by atoms with van der Waals surface area (Å²) in [7, 11) is 0. The predicted octanol–water partition coefficient (Wildman–Crippen LogP) is 2.12. The van der Waals surface area contributed by atoms with Crippen LogP contribution in [0.2, 0.25) is 0 Å². The van der Waals surface area contributed by atoms with Gasteiger partial charge >= 0.3 is 0 Å². The number of hydrogen-bond donors (Lipinski definition) is 1. The molecule has 1 amide bonds. The van der Waals surface area contributed by atoms with Gasteiger partial charge in [0.1, 0.15) is 17.9 Å². The molecule has 1 aromatic carbocycles. The van der Waals surface area contributed by atoms with Gasteiger partial charge in [-0.15, -0.1) is 0 Å². The summed E-state index contributed by atoms with van der Waals surface area (Å²) >= 11 is 0. The van der Waals surface area contributed by atoms with Gasteiger partial charge in [0.2, 0.25) is 5.91 Å². The van der Waals surface area contributed by atoms with Crippen LogP contribution in [-0.4, -0.2) is 29.9 Å². The molecule has 4 nitrogen and oxygen atoms in total. The molecular formula is C14H16FN3O. The Kier molecular flexibility index (Phi) is 4.00. The van der Waals surface area contributed by atoms with Gasteiger partial charge in [0.25, 0.3) is 0 Å². The minimum Gasteiger partial charge on any atom is -0.373 e. The highest BCUT2D eigenvalue weighted by atomic mass is 19.1. The molecule has 1 aromatic rings. The third-order valence-corrected chi connectivity index (χ3v) is 3.26. The zero-order chi connectivity index (χ0) is 13.8. The Labute approximate surface area is 111 Å². The van der Waals surface area contributed by atoms with Crippen LogP contribution in [0.1, 0.15) is 25.3 Å². The minimum absolute atomic E-state index is 0.0192. The van der Waals surface area contributed by atoms with E-state index in [9.17, 15) is 9.18 Å². The van der Waals surface area contributed by atoms with E-state index in [2.05, 4.69) is 5.32 Å². The van der Waals surface area contributed by atoms with Crippen molar-refractivity contribution in [2.45, 2.75) is 25.8 Å². The standard InChI is InChI=1S/C14H16FN3O/c1-10(14(19)18-6-2-3-7-18)17-13-5-4-12(15)8-11(13)9-16/h4-5,8,10,17H,2-3,6-7H2,1H3. The van der Waals surface area contributed by atoms with E-state index in [0.717, 1.165) is 32.0 Å². The van der Waals surface area contributed by atoms with Gasteiger partial charge in [-0.05, 0) is 38.0 Å². The third kappa shape index (κ3) is 3.02. The van der Waals surface area contributed by atoms with Crippen molar-refractivity contribution in [1.29, 1.82) is 5.26 Å². The van der Waals surface area contributed by atoms with E-state index in [1.165, 1.54) is 12.1 Å². The fourth-order valence-corrected chi connectivity index (χ4v) is 2.24. The quantitative estimate of drug-likeness (QED) is 0.906. The topological polar surface area (TPSA) is 56.1 Å². The number of hydrogen-bond acceptors (Lipinski definition) is 3. The molecule has 0 aliphatic carbocycles. The summed E-state index contributed by atoms with van der Waals surface area (Å²) in [6, 6.07) is 5.43. The van der Waals surface area contributed by atoms with Crippen LogP contribution in [-0.2, 0) is 4.79 Å². The highest BCUT2D eigenvalue weighted by Crippen LogP contribution is 2.18. The number of carbonyl (C=O) groups is 1. The Balaban J connectivity index is 2.08. The first-order valence-electron chi connectivity index (χ1n) is 6.37. The Morgan fingerprint density at radius 1 is 1.47 bits per heavy atom. The van der Waals surface area contributed by atoms with E-state index >= 15 is 0 Å². The second-order valence-corrected chi connectivity index (χ2v) is 4.70. The van der Waals surface area contributed by atoms with Crippen molar-refractivity contribution in [2.24, 2.45) is 0 Å². The Hall–Kier alpha value is -2.09. The number of nitrogens with zero attached hydrogens (tertiary/aromatic N) is 2. The number of nitriles is 1. The maximum Gasteiger partial charge on any atom is 0.244 e. The number of halogens is 1. The highest BCUT2D eigenvalue weighted by molar-refractivity contribution is 5.85. The highest BCUT2D eigenvalue weighted by Gasteiger charge is 2.23. The van der Waals surface area contributed by atoms with Crippen LogP contribution in [0.5, 0.6) is 0 Å². The fourth-order valence-electron chi connectivity index (χ4n) is 2.24. The molecule has 1 aliphatic rings. The van der Waals surface area contributed by atoms with E-state index in [0.29, 0.717) is 5.69 Å². The maximum atomic E-state index is 13.0. The summed E-state index contributed by atoms with van der Waals surface area (Å²) < 4.78 is 13.0. The summed E-state index contributed by atoms with van der Waals surface area (Å²) in [5.74, 6) is -0.439. The third-order valence-electron chi connectivity index (χ3n) is 3.26. The Morgan fingerprint density at radius 2 is 2.16 bits per heavy atom. The zero-order valence-corrected chi connectivity index (χ0v) is 10.8. The predicted molar refractivity (Wildman–Crippen MR) is 70.0 cm³/mol. The molecule has 1 fully saturated rings. The number of benzene rings is 1. The van der Waals surface area contributed by atoms with Crippen molar-refractivity contribution in [2.75, 3.05) is 18.4 Å². The Bertz CT molecular complexity index is 518. The molecule has 2 rings (SSSR count). The number of anilines is 1. The maximum absolute atomic E-state index is 13.0. The molecule has 1 atom stereocenters. The van der Waals surface area contributed by atoms with Crippen LogP contribution in [0.3, 0.4) is 0 Å². The van der Waals surface area contributed by atoms with Crippen LogP contribution in [0.25, 0.3) is 0 Å². The molecule has 5 heteroatoms. The monoisotopic (exact) mass is 261 g/mol. The van der Waals surface area contributed by atoms with Crippen molar-refractivity contribution >= 4 is 11.6 Å². The smallest absolute Gasteiger partial charge is 0.244 e. The molecule has 100 valence electrons. The molecule has 0 saturated carbocycles. The van der Waals surface area contributed by atoms with Crippen molar-refractivity contribution in [3.05, 3.63) is 29.6 Å². The van der Waals surface area contributed by atoms with Gasteiger partial charge in [-0.1, -0.05) is 0 Å². The number of rotatable bonds is 3. The molecule has 0 bridgehead atoms. The number of carbonyl (C=O) groups excluding carboxylic acids is 1. The number of amides is 1. The SMILES string of the molecule is CC(Nc1ccc(F)cc1C#N)C(=O)N1CCCC1. The molecule has 1 aliphatic heterocycles. The summed E-state index contributed by atoms with van der Waals surface area (Å²) in [5.41, 5.74) is 0.699. The molecular weight excluding hydrogens is 245 g/mol. The average molecular weight is 261 g/mol. The van der Waals surface area contributed by atoms with E-state index in [-0.39, 0.29) is 11.5 Å². The van der Waals surface area contributed by atoms with Gasteiger partial charge in [0.15, 0.2) is 0 Å². The minimum atomic E-state index is -0.458. The molecule has 1 saturated heterocycles. The van der Waals surface area contributed by atoms with Crippen LogP contribution in [0.15, 0.2) is 18.2 Å². The molecule has 0 spiro atoms. The lowest BCUT2D eigenvalue weighted by molar-refractivity contribution is -0.130. The van der Waals surface area contributed by atoms with Crippen molar-refractivity contribution in [3.8, 4) is 6.07 Å². The van der Waals surface area contributed by atoms with Gasteiger partial charge < -0.3 is 10.2 Å². The summed E-state index contributed by atoms with van der Waals surface area (Å²) in [5, 5.41) is 11.9. The zero-order valence-electron chi connectivity index (χ0n) is 10.8. The molecule has 1 unspecified atom stereocenters. The molecule has 0 aromatic heterocycles. The Morgan fingerprint density at radius 3 is 2.79 bits per heavy atom. The lowest BCUT2D eigenvalue weighted by Crippen LogP contribution is -2.39. The lowest BCUT2D eigenvalue weighted by atomic mass is 10.1. The van der Waals surface area contributed by atoms with Crippen molar-refractivity contribution in [1.82, 2.24) is 4.90 Å². The summed E-state index contributed by atoms with van der Waals surface area (Å²) in [6.07, 6.45) is 2.08. The second kappa shape index (κ2) is 5.70. The van der Waals surface area contributed by atoms with Gasteiger partial charge in [-0.3, -0.25) is 4.79 Å². The van der Waals surface area contributed by atoms with Crippen LogP contribution >= 0.6 is 0 Å². The van der Waals surface area contributed by atoms with E-state index < -0.39 is 11.9 Å². The number of nitrogens with one attached hydrogen (secondary N) is 1. The molecule has 19 heavy (non-hydrogen) atoms. The van der Waals surface area contributed by atoms with Gasteiger partial charge in [0, 0.05) is 13.1 Å². The van der Waals surface area contributed by atoms with Crippen molar-refractivity contribution < 1.29 is 9.18 Å². The molecule has 0 radical (unpaired) electrons. The van der Waals surface area contributed by atoms with E-state index in [1.807, 2.05) is 11.0 Å². The normalized spacial score (nSPS) is 15.9. The van der Waals surface area contributed by atoms with Crippen molar-refractivity contribution in [3.63, 3.8) is 0 Å². The first kappa shape index (κ1) is 13.3. The van der Waals surface area contributed by atoms with E-state index in [1.54, 1.807) is 6.92 Å². The van der Waals surface area contributed by atoms with Crippen LogP contribution in [0, 0.1) is 17.1 Å². The summed E-state index contributed by atoms with van der Waals surface area (Å²) in [4.78, 5) is 13.9. The first-order chi connectivity index (χ1) is 9.11. The second-order valence-electron chi connectivity index (χ2n) is 4.70. The van der Waals surface area contributed by atoms with Crippen LogP contribution in [0.4, 0.5) is 10.1 Å². The molecule has 1 heterocycles. The van der Waals surface area contributed by atoms with Gasteiger partial charge in [0.05, 0.1) is 11.3 Å². The largest absolute Gasteiger partial charge is 0.373 e. The number of likely N-dealkylation sites (tertiary alicyclic amines) is 1. The van der Waals surface area contributed by atoms with E-state index in [4.69, 9.17) is 5.26 Å². The van der Waals surface area contributed by atoms with Gasteiger partial charge in [-0.25, -0.2) is 4.39 Å². The summed E-state index contributed by atoms with van der Waals surface area (Å²) in [6.45, 7) is 3.34. The lowest BCUT2D eigenvalue weighted by Gasteiger charge is -2.22. The first-order valence-corrected chi connectivity index (χ1v) is 6.37. The van der Waals surface area contributed by atoms with Gasteiger partial charge in [-0.2, -0.15) is 5.26 Å². The average Bonchev–Trinajstić information content (AvgIpc) is 2.93. The van der Waals surface area contributed by atoms with Crippen LogP contribution < -0.4 is 5.32 Å².